The van der Waals surface area contributed by atoms with Crippen LogP contribution in [0.2, 0.25) is 0 Å². The summed E-state index contributed by atoms with van der Waals surface area (Å²) in [5.41, 5.74) is 1.10. The van der Waals surface area contributed by atoms with Gasteiger partial charge in [0.2, 0.25) is 11.8 Å². The van der Waals surface area contributed by atoms with Gasteiger partial charge in [0.05, 0.1) is 17.8 Å². The van der Waals surface area contributed by atoms with Crippen molar-refractivity contribution < 1.29 is 14.3 Å². The number of hydrogen-bond donors (Lipinski definition) is 0. The largest absolute Gasteiger partial charge is 0.375 e. The van der Waals surface area contributed by atoms with Crippen molar-refractivity contribution in [1.82, 2.24) is 14.8 Å². The van der Waals surface area contributed by atoms with Crippen LogP contribution in [0.1, 0.15) is 12.8 Å². The van der Waals surface area contributed by atoms with Gasteiger partial charge in [-0.3, -0.25) is 14.6 Å². The predicted octanol–water partition coefficient (Wildman–Crippen LogP) is 0.615. The lowest BCUT2D eigenvalue weighted by Crippen LogP contribution is -2.53. The van der Waals surface area contributed by atoms with E-state index in [-0.39, 0.29) is 24.3 Å². The summed E-state index contributed by atoms with van der Waals surface area (Å²) in [6.07, 6.45) is 5.36. The van der Waals surface area contributed by atoms with Gasteiger partial charge in [0.25, 0.3) is 0 Å². The highest BCUT2D eigenvalue weighted by Crippen LogP contribution is 2.21. The number of methoxy groups -OCH3 is 1. The summed E-state index contributed by atoms with van der Waals surface area (Å²) in [6, 6.07) is 3.98. The summed E-state index contributed by atoms with van der Waals surface area (Å²) in [4.78, 5) is 35.0. The van der Waals surface area contributed by atoms with Crippen LogP contribution in [0.15, 0.2) is 24.5 Å². The van der Waals surface area contributed by atoms with Gasteiger partial charge in [0.15, 0.2) is 0 Å². The van der Waals surface area contributed by atoms with Crippen molar-refractivity contribution in [2.45, 2.75) is 12.8 Å². The van der Waals surface area contributed by atoms with E-state index in [4.69, 9.17) is 4.74 Å². The molecule has 1 atom stereocenters. The summed E-state index contributed by atoms with van der Waals surface area (Å²) in [7, 11) is 1.52. The van der Waals surface area contributed by atoms with Crippen molar-refractivity contribution in [3.8, 4) is 0 Å². The van der Waals surface area contributed by atoms with Crippen LogP contribution in [0.5, 0.6) is 0 Å². The van der Waals surface area contributed by atoms with Crippen LogP contribution in [0.25, 0.3) is 0 Å². The number of carbonyl (C=O) groups excluding carboxylic acids is 2. The molecule has 3 rings (SSSR count). The van der Waals surface area contributed by atoms with Gasteiger partial charge >= 0.3 is 0 Å². The number of piperidine rings is 1. The first-order valence-corrected chi connectivity index (χ1v) is 8.89. The number of pyridine rings is 1. The van der Waals surface area contributed by atoms with E-state index in [1.54, 1.807) is 11.1 Å². The van der Waals surface area contributed by atoms with E-state index in [0.717, 1.165) is 51.3 Å². The quantitative estimate of drug-likeness (QED) is 0.799. The minimum atomic E-state index is -0.0838. The highest BCUT2D eigenvalue weighted by atomic mass is 16.5. The SMILES string of the molecule is COCC(=O)N1CCC[C@@H](C(=O)N2CCN(c3cccnc3)CC2)C1. The Morgan fingerprint density at radius 2 is 2.00 bits per heavy atom. The number of anilines is 1. The van der Waals surface area contributed by atoms with Gasteiger partial charge in [-0.15, -0.1) is 0 Å². The van der Waals surface area contributed by atoms with Gasteiger partial charge in [0, 0.05) is 52.6 Å². The Bertz CT molecular complexity index is 587. The van der Waals surface area contributed by atoms with Crippen molar-refractivity contribution in [3.05, 3.63) is 24.5 Å². The Kier molecular flexibility index (Phi) is 5.86. The second-order valence-electron chi connectivity index (χ2n) is 6.64. The van der Waals surface area contributed by atoms with E-state index < -0.39 is 0 Å². The lowest BCUT2D eigenvalue weighted by atomic mass is 9.96. The molecule has 1 aromatic heterocycles. The second-order valence-corrected chi connectivity index (χ2v) is 6.64. The Morgan fingerprint density at radius 1 is 1.20 bits per heavy atom. The molecule has 2 aliphatic rings. The first-order valence-electron chi connectivity index (χ1n) is 8.89. The van der Waals surface area contributed by atoms with Crippen LogP contribution in [0.4, 0.5) is 5.69 Å². The van der Waals surface area contributed by atoms with Crippen molar-refractivity contribution in [1.29, 1.82) is 0 Å². The minimum Gasteiger partial charge on any atom is -0.375 e. The van der Waals surface area contributed by atoms with Gasteiger partial charge in [-0.2, -0.15) is 0 Å². The van der Waals surface area contributed by atoms with E-state index in [1.807, 2.05) is 23.2 Å². The molecule has 0 spiro atoms. The maximum atomic E-state index is 12.8. The van der Waals surface area contributed by atoms with Gasteiger partial charge in [-0.25, -0.2) is 0 Å². The number of likely N-dealkylation sites (tertiary alicyclic amines) is 1. The van der Waals surface area contributed by atoms with Gasteiger partial charge < -0.3 is 19.4 Å². The molecule has 1 aromatic rings. The van der Waals surface area contributed by atoms with Crippen LogP contribution < -0.4 is 4.90 Å². The molecule has 2 fully saturated rings. The molecule has 7 heteroatoms. The van der Waals surface area contributed by atoms with Gasteiger partial charge in [0.1, 0.15) is 6.61 Å². The molecule has 7 nitrogen and oxygen atoms in total. The number of carbonyl (C=O) groups is 2. The Hall–Kier alpha value is -2.15. The van der Waals surface area contributed by atoms with E-state index in [9.17, 15) is 9.59 Å². The molecule has 0 saturated carbocycles. The van der Waals surface area contributed by atoms with E-state index in [2.05, 4.69) is 9.88 Å². The number of amides is 2. The van der Waals surface area contributed by atoms with Gasteiger partial charge in [-0.1, -0.05) is 0 Å². The lowest BCUT2D eigenvalue weighted by molar-refractivity contribution is -0.142. The molecule has 2 saturated heterocycles. The zero-order chi connectivity index (χ0) is 17.6. The van der Waals surface area contributed by atoms with E-state index in [1.165, 1.54) is 7.11 Å². The molecular weight excluding hydrogens is 320 g/mol. The van der Waals surface area contributed by atoms with E-state index in [0.29, 0.717) is 6.54 Å². The fourth-order valence-corrected chi connectivity index (χ4v) is 3.60. The smallest absolute Gasteiger partial charge is 0.248 e. The summed E-state index contributed by atoms with van der Waals surface area (Å²) in [6.45, 7) is 4.40. The van der Waals surface area contributed by atoms with Crippen LogP contribution in [-0.2, 0) is 14.3 Å². The topological polar surface area (TPSA) is 66.0 Å². The predicted molar refractivity (Wildman–Crippen MR) is 94.2 cm³/mol. The summed E-state index contributed by atoms with van der Waals surface area (Å²) in [5, 5.41) is 0. The summed E-state index contributed by atoms with van der Waals surface area (Å²) < 4.78 is 4.93. The molecular formula is C18H26N4O3. The van der Waals surface area contributed by atoms with E-state index >= 15 is 0 Å². The van der Waals surface area contributed by atoms with Crippen molar-refractivity contribution in [2.24, 2.45) is 5.92 Å². The van der Waals surface area contributed by atoms with Crippen molar-refractivity contribution in [3.63, 3.8) is 0 Å². The Morgan fingerprint density at radius 3 is 2.68 bits per heavy atom. The maximum Gasteiger partial charge on any atom is 0.248 e. The number of aromatic nitrogens is 1. The monoisotopic (exact) mass is 346 g/mol. The average Bonchev–Trinajstić information content (AvgIpc) is 2.68. The number of nitrogens with zero attached hydrogens (tertiary/aromatic N) is 4. The van der Waals surface area contributed by atoms with Crippen molar-refractivity contribution >= 4 is 17.5 Å². The number of piperazine rings is 1. The van der Waals surface area contributed by atoms with Crippen LogP contribution >= 0.6 is 0 Å². The molecule has 0 unspecified atom stereocenters. The molecule has 25 heavy (non-hydrogen) atoms. The number of ether oxygens (including phenoxy) is 1. The fourth-order valence-electron chi connectivity index (χ4n) is 3.60. The second kappa shape index (κ2) is 8.29. The van der Waals surface area contributed by atoms with Crippen molar-refractivity contribution in [2.75, 3.05) is 57.9 Å². The highest BCUT2D eigenvalue weighted by Gasteiger charge is 2.32. The first-order chi connectivity index (χ1) is 12.2. The standard InChI is InChI=1S/C18H26N4O3/c1-25-14-17(23)22-7-3-4-15(13-22)18(24)21-10-8-20(9-11-21)16-5-2-6-19-12-16/h2,5-6,12,15H,3-4,7-11,13-14H2,1H3/t15-/m1/s1. The molecule has 2 aliphatic heterocycles. The molecule has 0 radical (unpaired) electrons. The molecule has 3 heterocycles. The average molecular weight is 346 g/mol. The van der Waals surface area contributed by atoms with Crippen LogP contribution in [0, 0.1) is 5.92 Å². The molecule has 0 aliphatic carbocycles. The summed E-state index contributed by atoms with van der Waals surface area (Å²) in [5.74, 6) is 0.0710. The minimum absolute atomic E-state index is 0.0265. The lowest BCUT2D eigenvalue weighted by Gasteiger charge is -2.39. The maximum absolute atomic E-state index is 12.8. The molecule has 0 bridgehead atoms. The molecule has 136 valence electrons. The molecule has 2 amide bonds. The van der Waals surface area contributed by atoms with Gasteiger partial charge in [-0.05, 0) is 25.0 Å². The normalized spacial score (nSPS) is 21.3. The molecule has 0 N–H and O–H groups in total. The first kappa shape index (κ1) is 17.7. The third-order valence-electron chi connectivity index (χ3n) is 4.99. The zero-order valence-electron chi connectivity index (χ0n) is 14.8. The third kappa shape index (κ3) is 4.28. The fraction of sp³-hybridized carbons (Fsp3) is 0.611. The zero-order valence-corrected chi connectivity index (χ0v) is 14.8. The highest BCUT2D eigenvalue weighted by molar-refractivity contribution is 5.82. The Labute approximate surface area is 148 Å². The number of rotatable bonds is 4. The summed E-state index contributed by atoms with van der Waals surface area (Å²) >= 11 is 0. The number of hydrogen-bond acceptors (Lipinski definition) is 5. The third-order valence-corrected chi connectivity index (χ3v) is 4.99. The van der Waals surface area contributed by atoms with Crippen LogP contribution in [0.3, 0.4) is 0 Å². The van der Waals surface area contributed by atoms with Crippen LogP contribution in [-0.4, -0.2) is 79.6 Å². The molecule has 0 aromatic carbocycles. The Balaban J connectivity index is 1.53.